The van der Waals surface area contributed by atoms with Gasteiger partial charge in [-0.1, -0.05) is 36.1 Å². The highest BCUT2D eigenvalue weighted by atomic mass is 16.5. The molecule has 0 bridgehead atoms. The summed E-state index contributed by atoms with van der Waals surface area (Å²) in [6, 6.07) is 21.4. The Balaban J connectivity index is 1.62. The van der Waals surface area contributed by atoms with Gasteiger partial charge in [0, 0.05) is 5.56 Å². The van der Waals surface area contributed by atoms with Crippen molar-refractivity contribution in [3.05, 3.63) is 89.5 Å². The number of rotatable bonds is 2. The standard InChI is InChI=1S/C24H17NO4/c1-28-24(27)18-14-12-17(13-15-18)7-6-16-25-20-9-3-5-11-22(20)29-21-10-4-2-8-19(21)23(25)26/h2-5,8-15H,16H2,1H3. The van der Waals surface area contributed by atoms with Crippen LogP contribution < -0.4 is 9.64 Å². The van der Waals surface area contributed by atoms with E-state index in [0.717, 1.165) is 5.56 Å². The van der Waals surface area contributed by atoms with Crippen LogP contribution in [0.5, 0.6) is 11.5 Å². The van der Waals surface area contributed by atoms with E-state index in [2.05, 4.69) is 11.8 Å². The van der Waals surface area contributed by atoms with Crippen molar-refractivity contribution >= 4 is 17.6 Å². The molecule has 4 rings (SSSR count). The number of para-hydroxylation sites is 3. The number of carbonyl (C=O) groups is 2. The number of nitrogens with zero attached hydrogens (tertiary/aromatic N) is 1. The first-order valence-corrected chi connectivity index (χ1v) is 9.02. The van der Waals surface area contributed by atoms with Crippen LogP contribution in [0, 0.1) is 11.8 Å². The Labute approximate surface area is 168 Å². The molecular weight excluding hydrogens is 366 g/mol. The summed E-state index contributed by atoms with van der Waals surface area (Å²) >= 11 is 0. The van der Waals surface area contributed by atoms with Crippen LogP contribution in [-0.2, 0) is 4.74 Å². The van der Waals surface area contributed by atoms with Gasteiger partial charge >= 0.3 is 5.97 Å². The molecule has 0 radical (unpaired) electrons. The number of hydrogen-bond donors (Lipinski definition) is 0. The lowest BCUT2D eigenvalue weighted by Crippen LogP contribution is -2.30. The second-order valence-corrected chi connectivity index (χ2v) is 6.33. The minimum atomic E-state index is -0.394. The van der Waals surface area contributed by atoms with Gasteiger partial charge in [-0.25, -0.2) is 4.79 Å². The van der Waals surface area contributed by atoms with Gasteiger partial charge in [0.15, 0.2) is 5.75 Å². The van der Waals surface area contributed by atoms with Gasteiger partial charge in [-0.15, -0.1) is 0 Å². The zero-order valence-corrected chi connectivity index (χ0v) is 15.7. The average Bonchev–Trinajstić information content (AvgIpc) is 2.88. The molecule has 1 aliphatic rings. The maximum Gasteiger partial charge on any atom is 0.337 e. The first kappa shape index (κ1) is 18.3. The van der Waals surface area contributed by atoms with Crippen molar-refractivity contribution in [1.82, 2.24) is 0 Å². The van der Waals surface area contributed by atoms with Crippen LogP contribution in [-0.4, -0.2) is 25.5 Å². The SMILES string of the molecule is COC(=O)c1ccc(C#CCN2C(=O)c3ccccc3Oc3ccccc32)cc1. The lowest BCUT2D eigenvalue weighted by molar-refractivity contribution is 0.0600. The van der Waals surface area contributed by atoms with Crippen LogP contribution in [0.25, 0.3) is 0 Å². The summed E-state index contributed by atoms with van der Waals surface area (Å²) in [6.07, 6.45) is 0. The number of anilines is 1. The molecule has 0 aliphatic carbocycles. The van der Waals surface area contributed by atoms with E-state index < -0.39 is 5.97 Å². The topological polar surface area (TPSA) is 55.8 Å². The van der Waals surface area contributed by atoms with Crippen molar-refractivity contribution < 1.29 is 19.1 Å². The van der Waals surface area contributed by atoms with Crippen molar-refractivity contribution in [2.75, 3.05) is 18.6 Å². The highest BCUT2D eigenvalue weighted by Crippen LogP contribution is 2.38. The maximum absolute atomic E-state index is 13.1. The molecule has 0 saturated carbocycles. The lowest BCUT2D eigenvalue weighted by atomic mass is 10.1. The summed E-state index contributed by atoms with van der Waals surface area (Å²) in [4.78, 5) is 26.2. The Morgan fingerprint density at radius 3 is 2.41 bits per heavy atom. The molecule has 0 atom stereocenters. The summed E-state index contributed by atoms with van der Waals surface area (Å²) in [5.74, 6) is 6.66. The molecule has 0 aromatic heterocycles. The van der Waals surface area contributed by atoms with Crippen molar-refractivity contribution in [2.45, 2.75) is 0 Å². The van der Waals surface area contributed by atoms with E-state index in [-0.39, 0.29) is 12.5 Å². The molecule has 5 nitrogen and oxygen atoms in total. The highest BCUT2D eigenvalue weighted by molar-refractivity contribution is 6.09. The molecule has 1 heterocycles. The van der Waals surface area contributed by atoms with E-state index in [9.17, 15) is 9.59 Å². The Morgan fingerprint density at radius 1 is 0.966 bits per heavy atom. The Hall–Kier alpha value is -4.04. The number of benzene rings is 3. The fourth-order valence-electron chi connectivity index (χ4n) is 3.06. The van der Waals surface area contributed by atoms with Crippen molar-refractivity contribution in [3.63, 3.8) is 0 Å². The van der Waals surface area contributed by atoms with Gasteiger partial charge < -0.3 is 9.47 Å². The predicted octanol–water partition coefficient (Wildman–Crippen LogP) is 4.28. The van der Waals surface area contributed by atoms with E-state index in [1.165, 1.54) is 7.11 Å². The van der Waals surface area contributed by atoms with Crippen molar-refractivity contribution in [3.8, 4) is 23.3 Å². The third-order valence-electron chi connectivity index (χ3n) is 4.51. The fraction of sp³-hybridized carbons (Fsp3) is 0.0833. The maximum atomic E-state index is 13.1. The molecule has 3 aromatic rings. The third kappa shape index (κ3) is 3.69. The minimum absolute atomic E-state index is 0.166. The first-order chi connectivity index (χ1) is 14.2. The third-order valence-corrected chi connectivity index (χ3v) is 4.51. The number of fused-ring (bicyclic) bond motifs is 2. The largest absolute Gasteiger partial charge is 0.465 e. The molecule has 0 unspecified atom stereocenters. The smallest absolute Gasteiger partial charge is 0.337 e. The first-order valence-electron chi connectivity index (χ1n) is 9.02. The van der Waals surface area contributed by atoms with E-state index in [0.29, 0.717) is 28.3 Å². The monoisotopic (exact) mass is 383 g/mol. The molecular formula is C24H17NO4. The molecule has 3 aromatic carbocycles. The molecule has 0 N–H and O–H groups in total. The highest BCUT2D eigenvalue weighted by Gasteiger charge is 2.27. The minimum Gasteiger partial charge on any atom is -0.465 e. The molecule has 142 valence electrons. The molecule has 0 fully saturated rings. The lowest BCUT2D eigenvalue weighted by Gasteiger charge is -2.19. The van der Waals surface area contributed by atoms with Gasteiger partial charge in [-0.05, 0) is 48.5 Å². The van der Waals surface area contributed by atoms with Gasteiger partial charge in [-0.3, -0.25) is 9.69 Å². The molecule has 29 heavy (non-hydrogen) atoms. The number of hydrogen-bond acceptors (Lipinski definition) is 4. The quantitative estimate of drug-likeness (QED) is 0.490. The van der Waals surface area contributed by atoms with Gasteiger partial charge in [0.25, 0.3) is 5.91 Å². The summed E-state index contributed by atoms with van der Waals surface area (Å²) < 4.78 is 10.7. The van der Waals surface area contributed by atoms with Crippen molar-refractivity contribution in [2.24, 2.45) is 0 Å². The van der Waals surface area contributed by atoms with Crippen LogP contribution in [0.15, 0.2) is 72.8 Å². The van der Waals surface area contributed by atoms with E-state index in [1.54, 1.807) is 41.3 Å². The summed E-state index contributed by atoms with van der Waals surface area (Å²) in [5, 5.41) is 0. The van der Waals surface area contributed by atoms with Crippen LogP contribution in [0.4, 0.5) is 5.69 Å². The number of methoxy groups -OCH3 is 1. The van der Waals surface area contributed by atoms with Gasteiger partial charge in [0.05, 0.1) is 30.5 Å². The molecule has 0 saturated heterocycles. The second-order valence-electron chi connectivity index (χ2n) is 6.33. The zero-order chi connectivity index (χ0) is 20.2. The van der Waals surface area contributed by atoms with E-state index in [4.69, 9.17) is 9.47 Å². The fourth-order valence-corrected chi connectivity index (χ4v) is 3.06. The Kier molecular flexibility index (Phi) is 5.00. The second kappa shape index (κ2) is 7.91. The zero-order valence-electron chi connectivity index (χ0n) is 15.7. The van der Waals surface area contributed by atoms with E-state index >= 15 is 0 Å². The van der Waals surface area contributed by atoms with E-state index in [1.807, 2.05) is 36.4 Å². The number of esters is 1. The number of carbonyl (C=O) groups excluding carboxylic acids is 2. The normalized spacial score (nSPS) is 11.9. The van der Waals surface area contributed by atoms with Crippen LogP contribution >= 0.6 is 0 Å². The number of ether oxygens (including phenoxy) is 2. The van der Waals surface area contributed by atoms with Gasteiger partial charge in [0.1, 0.15) is 5.75 Å². The van der Waals surface area contributed by atoms with Crippen LogP contribution in [0.2, 0.25) is 0 Å². The van der Waals surface area contributed by atoms with Gasteiger partial charge in [-0.2, -0.15) is 0 Å². The predicted molar refractivity (Wildman–Crippen MR) is 109 cm³/mol. The Morgan fingerprint density at radius 2 is 1.66 bits per heavy atom. The van der Waals surface area contributed by atoms with Gasteiger partial charge in [0.2, 0.25) is 0 Å². The molecule has 0 spiro atoms. The number of amides is 1. The Bertz CT molecular complexity index is 1140. The summed E-state index contributed by atoms with van der Waals surface area (Å²) in [5.41, 5.74) is 2.37. The molecule has 1 amide bonds. The summed E-state index contributed by atoms with van der Waals surface area (Å²) in [6.45, 7) is 0.201. The molecule has 1 aliphatic heterocycles. The van der Waals surface area contributed by atoms with Crippen molar-refractivity contribution in [1.29, 1.82) is 0 Å². The van der Waals surface area contributed by atoms with Crippen LogP contribution in [0.3, 0.4) is 0 Å². The van der Waals surface area contributed by atoms with Crippen LogP contribution in [0.1, 0.15) is 26.3 Å². The molecule has 5 heteroatoms. The average molecular weight is 383 g/mol. The summed E-state index contributed by atoms with van der Waals surface area (Å²) in [7, 11) is 1.34.